The third-order valence-electron chi connectivity index (χ3n) is 3.00. The van der Waals surface area contributed by atoms with Crippen LogP contribution in [0, 0.1) is 0 Å². The van der Waals surface area contributed by atoms with Gasteiger partial charge in [0, 0.05) is 16.5 Å². The first-order valence-corrected chi connectivity index (χ1v) is 6.59. The molecule has 1 aromatic heterocycles. The van der Waals surface area contributed by atoms with Crippen LogP contribution in [0.5, 0.6) is 5.75 Å². The van der Waals surface area contributed by atoms with Crippen molar-refractivity contribution < 1.29 is 4.74 Å². The second-order valence-electron chi connectivity index (χ2n) is 4.46. The molecule has 2 aromatic carbocycles. The molecule has 1 N–H and O–H groups in total. The Balaban J connectivity index is 1.93. The molecular formula is C16H12ClNO2. The molecule has 0 amide bonds. The highest BCUT2D eigenvalue weighted by molar-refractivity contribution is 6.30. The number of ether oxygens (including phenoxy) is 1. The third kappa shape index (κ3) is 2.68. The van der Waals surface area contributed by atoms with Crippen LogP contribution >= 0.6 is 11.6 Å². The molecule has 3 nitrogen and oxygen atoms in total. The summed E-state index contributed by atoms with van der Waals surface area (Å²) >= 11 is 5.94. The lowest BCUT2D eigenvalue weighted by atomic mass is 10.2. The highest BCUT2D eigenvalue weighted by atomic mass is 35.5. The Morgan fingerprint density at radius 2 is 1.90 bits per heavy atom. The zero-order chi connectivity index (χ0) is 13.9. The molecule has 3 rings (SSSR count). The van der Waals surface area contributed by atoms with E-state index in [4.69, 9.17) is 16.3 Å². The average Bonchev–Trinajstić information content (AvgIpc) is 2.44. The fourth-order valence-electron chi connectivity index (χ4n) is 2.08. The first-order chi connectivity index (χ1) is 9.72. The van der Waals surface area contributed by atoms with Crippen LogP contribution in [0.1, 0.15) is 5.56 Å². The molecule has 0 saturated carbocycles. The van der Waals surface area contributed by atoms with Gasteiger partial charge >= 0.3 is 0 Å². The predicted octanol–water partition coefficient (Wildman–Crippen LogP) is 3.76. The van der Waals surface area contributed by atoms with Gasteiger partial charge in [0.05, 0.1) is 5.52 Å². The van der Waals surface area contributed by atoms with Crippen molar-refractivity contribution in [2.45, 2.75) is 6.61 Å². The largest absolute Gasteiger partial charge is 0.488 e. The molecule has 4 heteroatoms. The van der Waals surface area contributed by atoms with Crippen LogP contribution in [0.4, 0.5) is 0 Å². The summed E-state index contributed by atoms with van der Waals surface area (Å²) in [5.74, 6) is 0.573. The lowest BCUT2D eigenvalue weighted by Crippen LogP contribution is -2.06. The molecule has 100 valence electrons. The normalized spacial score (nSPS) is 10.7. The lowest BCUT2D eigenvalue weighted by Gasteiger charge is -2.09. The molecule has 0 saturated heterocycles. The smallest absolute Gasteiger partial charge is 0.252 e. The Kier molecular flexibility index (Phi) is 3.44. The van der Waals surface area contributed by atoms with Gasteiger partial charge in [-0.1, -0.05) is 35.9 Å². The van der Waals surface area contributed by atoms with Crippen molar-refractivity contribution >= 4 is 22.5 Å². The molecule has 0 aliphatic rings. The van der Waals surface area contributed by atoms with Gasteiger partial charge in [0.25, 0.3) is 5.56 Å². The second kappa shape index (κ2) is 5.39. The van der Waals surface area contributed by atoms with Crippen LogP contribution in [-0.2, 0) is 6.61 Å². The van der Waals surface area contributed by atoms with E-state index in [1.165, 1.54) is 6.07 Å². The number of hydrogen-bond donors (Lipinski definition) is 1. The van der Waals surface area contributed by atoms with E-state index >= 15 is 0 Å². The Morgan fingerprint density at radius 1 is 1.05 bits per heavy atom. The number of aromatic amines is 1. The summed E-state index contributed by atoms with van der Waals surface area (Å²) in [5.41, 5.74) is 1.55. The second-order valence-corrected chi connectivity index (χ2v) is 4.90. The number of benzene rings is 2. The number of nitrogens with one attached hydrogen (secondary N) is 1. The number of halogens is 1. The van der Waals surface area contributed by atoms with E-state index in [-0.39, 0.29) is 5.56 Å². The minimum atomic E-state index is -0.176. The van der Waals surface area contributed by atoms with Crippen molar-refractivity contribution in [3.05, 3.63) is 75.5 Å². The Hall–Kier alpha value is -2.26. The quantitative estimate of drug-likeness (QED) is 0.796. The number of aromatic nitrogens is 1. The summed E-state index contributed by atoms with van der Waals surface area (Å²) in [5, 5.41) is 1.55. The van der Waals surface area contributed by atoms with Gasteiger partial charge in [0.15, 0.2) is 0 Å². The summed E-state index contributed by atoms with van der Waals surface area (Å²) < 4.78 is 5.76. The third-order valence-corrected chi connectivity index (χ3v) is 3.23. The first-order valence-electron chi connectivity index (χ1n) is 6.22. The van der Waals surface area contributed by atoms with Gasteiger partial charge < -0.3 is 9.72 Å². The molecule has 0 unspecified atom stereocenters. The summed E-state index contributed by atoms with van der Waals surface area (Å²) in [4.78, 5) is 14.4. The molecule has 0 fully saturated rings. The molecular weight excluding hydrogens is 274 g/mol. The maximum absolute atomic E-state index is 11.6. The molecule has 3 aromatic rings. The van der Waals surface area contributed by atoms with Gasteiger partial charge in [-0.25, -0.2) is 0 Å². The monoisotopic (exact) mass is 285 g/mol. The number of pyridine rings is 1. The van der Waals surface area contributed by atoms with E-state index in [0.717, 1.165) is 16.5 Å². The van der Waals surface area contributed by atoms with E-state index in [1.54, 1.807) is 0 Å². The fourth-order valence-corrected chi connectivity index (χ4v) is 2.29. The van der Waals surface area contributed by atoms with E-state index in [9.17, 15) is 4.79 Å². The van der Waals surface area contributed by atoms with E-state index < -0.39 is 0 Å². The maximum Gasteiger partial charge on any atom is 0.252 e. The number of para-hydroxylation sites is 1. The van der Waals surface area contributed by atoms with Gasteiger partial charge in [0.1, 0.15) is 12.4 Å². The van der Waals surface area contributed by atoms with Crippen LogP contribution < -0.4 is 10.3 Å². The number of fused-ring (bicyclic) bond motifs is 1. The molecule has 0 radical (unpaired) electrons. The Morgan fingerprint density at radius 3 is 2.75 bits per heavy atom. The molecule has 0 bridgehead atoms. The molecule has 0 spiro atoms. The molecule has 0 aliphatic heterocycles. The fraction of sp³-hybridized carbons (Fsp3) is 0.0625. The van der Waals surface area contributed by atoms with Gasteiger partial charge in [-0.05, 0) is 29.8 Å². The number of hydrogen-bond acceptors (Lipinski definition) is 2. The zero-order valence-electron chi connectivity index (χ0n) is 10.6. The molecule has 0 atom stereocenters. The molecule has 0 aliphatic carbocycles. The maximum atomic E-state index is 11.6. The van der Waals surface area contributed by atoms with Gasteiger partial charge in [-0.15, -0.1) is 0 Å². The lowest BCUT2D eigenvalue weighted by molar-refractivity contribution is 0.309. The number of rotatable bonds is 3. The van der Waals surface area contributed by atoms with Gasteiger partial charge in [-0.3, -0.25) is 4.79 Å². The standard InChI is InChI=1S/C16H12ClNO2/c17-12-5-3-4-11(8-12)10-20-15-9-16(19)18-14-7-2-1-6-13(14)15/h1-9H,10H2,(H,18,19). The Bertz CT molecular complexity index is 811. The summed E-state index contributed by atoms with van der Waals surface area (Å²) in [6.45, 7) is 0.369. The SMILES string of the molecule is O=c1cc(OCc2cccc(Cl)c2)c2ccccc2[nH]1. The van der Waals surface area contributed by atoms with Crippen molar-refractivity contribution in [3.8, 4) is 5.75 Å². The molecule has 20 heavy (non-hydrogen) atoms. The summed E-state index contributed by atoms with van der Waals surface area (Å²) in [6.07, 6.45) is 0. The van der Waals surface area contributed by atoms with Gasteiger partial charge in [0.2, 0.25) is 0 Å². The van der Waals surface area contributed by atoms with Crippen molar-refractivity contribution in [2.75, 3.05) is 0 Å². The van der Waals surface area contributed by atoms with Crippen LogP contribution in [0.25, 0.3) is 10.9 Å². The number of H-pyrrole nitrogens is 1. The van der Waals surface area contributed by atoms with Crippen molar-refractivity contribution in [1.29, 1.82) is 0 Å². The average molecular weight is 286 g/mol. The van der Waals surface area contributed by atoms with Crippen molar-refractivity contribution in [1.82, 2.24) is 4.98 Å². The highest BCUT2D eigenvalue weighted by Crippen LogP contribution is 2.23. The van der Waals surface area contributed by atoms with Crippen LogP contribution in [0.2, 0.25) is 5.02 Å². The molecule has 1 heterocycles. The zero-order valence-corrected chi connectivity index (χ0v) is 11.4. The van der Waals surface area contributed by atoms with Crippen LogP contribution in [0.3, 0.4) is 0 Å². The topological polar surface area (TPSA) is 42.1 Å². The van der Waals surface area contributed by atoms with E-state index in [0.29, 0.717) is 17.4 Å². The van der Waals surface area contributed by atoms with Crippen LogP contribution in [-0.4, -0.2) is 4.98 Å². The minimum Gasteiger partial charge on any atom is -0.488 e. The van der Waals surface area contributed by atoms with Gasteiger partial charge in [-0.2, -0.15) is 0 Å². The van der Waals surface area contributed by atoms with E-state index in [1.807, 2.05) is 48.5 Å². The summed E-state index contributed by atoms with van der Waals surface area (Å²) in [6, 6.07) is 16.5. The Labute approximate surface area is 120 Å². The van der Waals surface area contributed by atoms with Crippen molar-refractivity contribution in [3.63, 3.8) is 0 Å². The first kappa shape index (κ1) is 12.8. The van der Waals surface area contributed by atoms with E-state index in [2.05, 4.69) is 4.98 Å². The minimum absolute atomic E-state index is 0.176. The predicted molar refractivity (Wildman–Crippen MR) is 80.4 cm³/mol. The van der Waals surface area contributed by atoms with Crippen LogP contribution in [0.15, 0.2) is 59.4 Å². The summed E-state index contributed by atoms with van der Waals surface area (Å²) in [7, 11) is 0. The highest BCUT2D eigenvalue weighted by Gasteiger charge is 2.04. The van der Waals surface area contributed by atoms with Crippen molar-refractivity contribution in [2.24, 2.45) is 0 Å².